The highest BCUT2D eigenvalue weighted by Gasteiger charge is 2.32. The highest BCUT2D eigenvalue weighted by molar-refractivity contribution is 7.93. The molecule has 145 heavy (non-hydrogen) atoms. The van der Waals surface area contributed by atoms with Crippen LogP contribution >= 0.6 is 0 Å². The summed E-state index contributed by atoms with van der Waals surface area (Å²) in [4.78, 5) is 0. The van der Waals surface area contributed by atoms with E-state index in [9.17, 15) is 68.4 Å². The quantitative estimate of drug-likeness (QED) is 0.0255. The summed E-state index contributed by atoms with van der Waals surface area (Å²) < 4.78 is 168. The summed E-state index contributed by atoms with van der Waals surface area (Å²) in [5.41, 5.74) is 19.0. The van der Waals surface area contributed by atoms with E-state index in [0.29, 0.717) is 107 Å². The minimum atomic E-state index is -3.34. The van der Waals surface area contributed by atoms with Crippen molar-refractivity contribution in [1.82, 2.24) is 22.8 Å². The van der Waals surface area contributed by atoms with E-state index in [4.69, 9.17) is 23.7 Å². The molecule has 10 aromatic carbocycles. The van der Waals surface area contributed by atoms with Crippen LogP contribution in [0.1, 0.15) is 168 Å². The minimum absolute atomic E-state index is 0.0120. The first-order valence-corrected chi connectivity index (χ1v) is 57.0. The zero-order valence-electron chi connectivity index (χ0n) is 84.1. The third kappa shape index (κ3) is 25.3. The predicted octanol–water partition coefficient (Wildman–Crippen LogP) is 23.5. The SMILES string of the molecule is CCOc1ccc2c(C#N)c(-c3ccc(NS(=O)(=O)CC)cc3)n(C3CCC3)c2c1.CCOc1ccc2c(C#N)c(-c3ccc(NS(=O)(=O)CC)cc3)n(CC(C)C)c2c1.CCOc1ccc2c(C#N)c(-c3ccc(NS(C)(=O)=O)cc3)n(C3CCC3)c2c1.CCOc1ccc2c(C#N)c(-c3ccc(NS(C)(=O)=O)cc3)n(CC(C)C)c2c1.COc1ccc2c(C#N)c(-c3ccc(NS(C)(=O)=O)cc3)n(C(C)C)c2c1. The molecule has 0 radical (unpaired) electrons. The maximum atomic E-state index is 11.8. The first-order valence-electron chi connectivity index (χ1n) is 48.0. The number of aromatic nitrogens is 5. The Labute approximate surface area is 849 Å². The minimum Gasteiger partial charge on any atom is -0.497 e. The smallest absolute Gasteiger partial charge is 0.232 e. The van der Waals surface area contributed by atoms with Crippen LogP contribution in [-0.2, 0) is 63.2 Å². The Balaban J connectivity index is 0.000000152. The average Bonchev–Trinajstić information content (AvgIpc) is 1.58. The summed E-state index contributed by atoms with van der Waals surface area (Å²) in [5, 5.41) is 54.1. The van der Waals surface area contributed by atoms with Crippen molar-refractivity contribution >= 4 is 133 Å². The van der Waals surface area contributed by atoms with E-state index in [2.05, 4.69) is 118 Å². The van der Waals surface area contributed by atoms with Gasteiger partial charge in [-0.05, 0) is 255 Å². The van der Waals surface area contributed by atoms with E-state index in [1.807, 2.05) is 179 Å². The number of benzene rings is 10. The number of sulfonamides is 5. The number of methoxy groups -OCH3 is 1. The number of ether oxygens (including phenoxy) is 5. The summed E-state index contributed by atoms with van der Waals surface area (Å²) in [6.07, 6.45) is 10.0. The molecule has 0 amide bonds. The van der Waals surface area contributed by atoms with Crippen LogP contribution in [0.3, 0.4) is 0 Å². The molecule has 0 aliphatic heterocycles. The van der Waals surface area contributed by atoms with Crippen molar-refractivity contribution < 1.29 is 65.8 Å². The Morgan fingerprint density at radius 1 is 0.317 bits per heavy atom. The summed E-state index contributed by atoms with van der Waals surface area (Å²) in [6.45, 7) is 27.4. The van der Waals surface area contributed by atoms with Crippen molar-refractivity contribution in [2.45, 2.75) is 153 Å². The molecular weight excluding hydrogens is 1930 g/mol. The zero-order chi connectivity index (χ0) is 105. The van der Waals surface area contributed by atoms with E-state index in [1.54, 1.807) is 81.6 Å². The van der Waals surface area contributed by atoms with Crippen molar-refractivity contribution in [3.05, 3.63) is 240 Å². The number of rotatable bonds is 33. The Bertz CT molecular complexity index is 8130. The van der Waals surface area contributed by atoms with Crippen LogP contribution in [0.2, 0.25) is 0 Å². The van der Waals surface area contributed by atoms with Gasteiger partial charge in [0.15, 0.2) is 0 Å². The number of nitrogens with zero attached hydrogens (tertiary/aromatic N) is 10. The highest BCUT2D eigenvalue weighted by Crippen LogP contribution is 2.48. The second-order valence-corrected chi connectivity index (χ2v) is 45.7. The van der Waals surface area contributed by atoms with Gasteiger partial charge in [0.1, 0.15) is 59.1 Å². The molecule has 0 bridgehead atoms. The maximum Gasteiger partial charge on any atom is 0.232 e. The van der Waals surface area contributed by atoms with Crippen molar-refractivity contribution in [3.8, 4) is 115 Å². The fraction of sp³-hybridized carbons (Fsp3) is 0.318. The summed E-state index contributed by atoms with van der Waals surface area (Å²) in [6, 6.07) is 77.4. The number of hydrogen-bond acceptors (Lipinski definition) is 20. The van der Waals surface area contributed by atoms with Crippen LogP contribution in [0.4, 0.5) is 28.4 Å². The summed E-state index contributed by atoms with van der Waals surface area (Å²) in [5.74, 6) is 4.63. The Morgan fingerprint density at radius 3 is 0.807 bits per heavy atom. The standard InChI is InChI=1S/C23H25N3O3S.C23H27N3O3S.C22H23N3O3S.C22H25N3O3S.C20H21N3O3S/c1-3-29-19-12-13-20-21(15-24)23(26(22(20)14-19)18-6-5-7-18)16-8-10-17(11-9-16)25-30(27,28)4-2;1-5-29-19-11-12-20-21(14-24)23(26(15-16(3)4)22(20)13-19)17-7-9-18(10-8-17)25-30(27,28)6-2;1-3-28-18-11-12-19-20(14-23)22(25(21(19)13-18)17-5-4-6-17)15-7-9-16(10-8-15)24-29(2,26)27;1-5-28-18-10-11-19-20(13-23)22(25(14-15(2)3)21(19)12-18)16-6-8-17(9-7-16)24-29(4,26)27;1-13(2)23-19-11-16(26-3)9-10-17(19)18(12-21)20(23)14-5-7-15(8-6-14)22-27(4,24)25/h8-14,18,25H,3-7H2,1-2H3;7-13,16,25H,5-6,15H2,1-4H3;7-13,17,24H,3-6H2,1-2H3;6-12,15,24H,5,14H2,1-4H3;5-11,13,22H,1-4H3. The van der Waals surface area contributed by atoms with E-state index in [0.717, 1.165) is 197 Å². The first-order chi connectivity index (χ1) is 69.1. The van der Waals surface area contributed by atoms with Gasteiger partial charge in [-0.1, -0.05) is 88.4 Å². The molecule has 2 aliphatic rings. The zero-order valence-corrected chi connectivity index (χ0v) is 88.2. The van der Waals surface area contributed by atoms with Gasteiger partial charge in [-0.2, -0.15) is 26.3 Å². The van der Waals surface area contributed by atoms with E-state index in [-0.39, 0.29) is 17.5 Å². The molecule has 35 heteroatoms. The van der Waals surface area contributed by atoms with Crippen LogP contribution in [0.15, 0.2) is 212 Å². The molecule has 5 aromatic heterocycles. The number of anilines is 5. The normalized spacial score (nSPS) is 12.7. The molecule has 5 heterocycles. The molecule has 2 fully saturated rings. The molecule has 756 valence electrons. The lowest BCUT2D eigenvalue weighted by Gasteiger charge is -2.30. The van der Waals surface area contributed by atoms with E-state index >= 15 is 0 Å². The van der Waals surface area contributed by atoms with Crippen LogP contribution in [0.25, 0.3) is 111 Å². The average molecular weight is 2050 g/mol. The van der Waals surface area contributed by atoms with Crippen LogP contribution in [0, 0.1) is 68.5 Å². The molecule has 2 aliphatic carbocycles. The van der Waals surface area contributed by atoms with Gasteiger partial charge in [0, 0.05) is 117 Å². The monoisotopic (exact) mass is 2050 g/mol. The molecule has 17 rings (SSSR count). The van der Waals surface area contributed by atoms with Crippen molar-refractivity contribution in [2.75, 3.05) is 87.4 Å². The van der Waals surface area contributed by atoms with Gasteiger partial charge in [0.25, 0.3) is 0 Å². The summed E-state index contributed by atoms with van der Waals surface area (Å²) in [7, 11) is -15.1. The number of nitriles is 5. The number of nitrogens with one attached hydrogen (secondary N) is 5. The van der Waals surface area contributed by atoms with Gasteiger partial charge in [-0.15, -0.1) is 0 Å². The Morgan fingerprint density at radius 2 is 0.559 bits per heavy atom. The van der Waals surface area contributed by atoms with Crippen molar-refractivity contribution in [1.29, 1.82) is 26.3 Å². The van der Waals surface area contributed by atoms with Gasteiger partial charge >= 0.3 is 0 Å². The summed E-state index contributed by atoms with van der Waals surface area (Å²) >= 11 is 0. The second-order valence-electron chi connectivity index (χ2n) is 36.4. The van der Waals surface area contributed by atoms with Gasteiger partial charge in [0.2, 0.25) is 50.1 Å². The molecule has 30 nitrogen and oxygen atoms in total. The van der Waals surface area contributed by atoms with E-state index in [1.165, 1.54) is 12.8 Å². The third-order valence-corrected chi connectivity index (χ3v) is 29.0. The predicted molar refractivity (Wildman–Crippen MR) is 579 cm³/mol. The highest BCUT2D eigenvalue weighted by atomic mass is 32.2. The second kappa shape index (κ2) is 46.2. The maximum absolute atomic E-state index is 11.8. The lowest BCUT2D eigenvalue weighted by molar-refractivity contribution is 0.322. The number of hydrogen-bond donors (Lipinski definition) is 5. The molecule has 5 N–H and O–H groups in total. The molecule has 0 spiro atoms. The molecule has 2 saturated carbocycles. The fourth-order valence-electron chi connectivity index (χ4n) is 18.0. The van der Waals surface area contributed by atoms with E-state index < -0.39 is 50.1 Å². The van der Waals surface area contributed by atoms with Gasteiger partial charge in [-0.25, -0.2) is 42.1 Å². The van der Waals surface area contributed by atoms with Crippen LogP contribution in [-0.4, -0.2) is 129 Å². The van der Waals surface area contributed by atoms with Gasteiger partial charge in [0.05, 0.1) is 148 Å². The number of fused-ring (bicyclic) bond motifs is 5. The lowest BCUT2D eigenvalue weighted by Crippen LogP contribution is -2.18. The van der Waals surface area contributed by atoms with Crippen molar-refractivity contribution in [3.63, 3.8) is 0 Å². The van der Waals surface area contributed by atoms with Crippen LogP contribution < -0.4 is 47.3 Å². The topological polar surface area (TPSA) is 421 Å². The fourth-order valence-corrected chi connectivity index (χ4v) is 21.0. The van der Waals surface area contributed by atoms with Gasteiger partial charge in [-0.3, -0.25) is 23.6 Å². The Hall–Kier alpha value is -14.9. The Kier molecular flexibility index (Phi) is 34.2. The lowest BCUT2D eigenvalue weighted by atomic mass is 9.92. The largest absolute Gasteiger partial charge is 0.497 e. The molecule has 0 unspecified atom stereocenters. The third-order valence-electron chi connectivity index (χ3n) is 24.5. The van der Waals surface area contributed by atoms with Crippen LogP contribution in [0.5, 0.6) is 28.7 Å². The molecule has 15 aromatic rings. The van der Waals surface area contributed by atoms with Crippen molar-refractivity contribution in [2.24, 2.45) is 11.8 Å². The molecular formula is C110H121N15O15S5. The first kappa shape index (κ1) is 107. The molecule has 0 saturated heterocycles. The molecule has 0 atom stereocenters. The van der Waals surface area contributed by atoms with Gasteiger partial charge < -0.3 is 46.5 Å².